The molecule has 0 saturated carbocycles. The van der Waals surface area contributed by atoms with Crippen molar-refractivity contribution in [2.75, 3.05) is 11.3 Å². The van der Waals surface area contributed by atoms with Crippen LogP contribution in [0, 0.1) is 0 Å². The lowest BCUT2D eigenvalue weighted by molar-refractivity contribution is 0.0697. The van der Waals surface area contributed by atoms with Crippen LogP contribution in [-0.2, 0) is 10.0 Å². The fourth-order valence-electron chi connectivity index (χ4n) is 2.29. The van der Waals surface area contributed by atoms with Crippen LogP contribution in [0.1, 0.15) is 42.6 Å². The number of sulfonamides is 1. The molecule has 0 saturated heterocycles. The van der Waals surface area contributed by atoms with E-state index < -0.39 is 16.0 Å². The number of hydrogen-bond donors (Lipinski definition) is 2. The summed E-state index contributed by atoms with van der Waals surface area (Å²) in [4.78, 5) is 11.1. The highest BCUT2D eigenvalue weighted by atomic mass is 32.2. The Kier molecular flexibility index (Phi) is 5.69. The molecule has 2 N–H and O–H groups in total. The topological polar surface area (TPSA) is 92.7 Å². The van der Waals surface area contributed by atoms with Crippen molar-refractivity contribution < 1.29 is 23.1 Å². The van der Waals surface area contributed by atoms with E-state index in [1.54, 1.807) is 19.1 Å². The van der Waals surface area contributed by atoms with Gasteiger partial charge in [0.15, 0.2) is 0 Å². The summed E-state index contributed by atoms with van der Waals surface area (Å²) in [6.07, 6.45) is 0. The van der Waals surface area contributed by atoms with Gasteiger partial charge in [0.1, 0.15) is 10.6 Å². The second-order valence-corrected chi connectivity index (χ2v) is 7.44. The lowest BCUT2D eigenvalue weighted by Crippen LogP contribution is -2.15. The molecule has 0 fully saturated rings. The van der Waals surface area contributed by atoms with E-state index in [9.17, 15) is 13.2 Å². The van der Waals surface area contributed by atoms with Crippen LogP contribution in [0.3, 0.4) is 0 Å². The van der Waals surface area contributed by atoms with Crippen molar-refractivity contribution in [3.63, 3.8) is 0 Å². The quantitative estimate of drug-likeness (QED) is 0.782. The first-order chi connectivity index (χ1) is 11.7. The van der Waals surface area contributed by atoms with Crippen LogP contribution in [0.15, 0.2) is 47.4 Å². The smallest absolute Gasteiger partial charge is 0.335 e. The van der Waals surface area contributed by atoms with E-state index in [-0.39, 0.29) is 27.8 Å². The molecule has 2 aromatic rings. The van der Waals surface area contributed by atoms with Crippen molar-refractivity contribution in [3.8, 4) is 5.75 Å². The van der Waals surface area contributed by atoms with Crippen LogP contribution in [0.4, 0.5) is 5.69 Å². The molecule has 0 aliphatic heterocycles. The fraction of sp³-hybridized carbons (Fsp3) is 0.278. The number of hydrogen-bond acceptors (Lipinski definition) is 4. The molecule has 2 aromatic carbocycles. The Morgan fingerprint density at radius 3 is 2.52 bits per heavy atom. The number of carboxylic acid groups (broad SMARTS) is 1. The Hall–Kier alpha value is -2.54. The van der Waals surface area contributed by atoms with Gasteiger partial charge in [0.25, 0.3) is 10.0 Å². The standard InChI is InChI=1S/C18H21NO5S/c1-4-24-16-9-8-13(12(2)3)11-17(16)25(22,23)19-15-7-5-6-14(10-15)18(20)21/h5-12,19H,4H2,1-3H3,(H,20,21). The van der Waals surface area contributed by atoms with Gasteiger partial charge in [0.2, 0.25) is 0 Å². The molecular weight excluding hydrogens is 342 g/mol. The van der Waals surface area contributed by atoms with Gasteiger partial charge in [-0.15, -0.1) is 0 Å². The summed E-state index contributed by atoms with van der Waals surface area (Å²) in [6, 6.07) is 10.7. The molecule has 0 bridgehead atoms. The summed E-state index contributed by atoms with van der Waals surface area (Å²) in [5.41, 5.74) is 1.04. The third kappa shape index (κ3) is 4.51. The van der Waals surface area contributed by atoms with Gasteiger partial charge >= 0.3 is 5.97 Å². The molecule has 7 heteroatoms. The highest BCUT2D eigenvalue weighted by molar-refractivity contribution is 7.92. The number of rotatable bonds is 7. The maximum absolute atomic E-state index is 12.8. The fourth-order valence-corrected chi connectivity index (χ4v) is 3.52. The molecule has 0 aromatic heterocycles. The number of anilines is 1. The number of aromatic carboxylic acids is 1. The van der Waals surface area contributed by atoms with E-state index in [2.05, 4.69) is 4.72 Å². The maximum Gasteiger partial charge on any atom is 0.335 e. The van der Waals surface area contributed by atoms with Crippen LogP contribution in [-0.4, -0.2) is 26.1 Å². The predicted molar refractivity (Wildman–Crippen MR) is 95.9 cm³/mol. The first-order valence-electron chi connectivity index (χ1n) is 7.87. The van der Waals surface area contributed by atoms with Gasteiger partial charge in [-0.25, -0.2) is 13.2 Å². The highest BCUT2D eigenvalue weighted by Crippen LogP contribution is 2.30. The monoisotopic (exact) mass is 363 g/mol. The lowest BCUT2D eigenvalue weighted by Gasteiger charge is -2.15. The number of carboxylic acids is 1. The summed E-state index contributed by atoms with van der Waals surface area (Å²) in [6.45, 7) is 6.04. The minimum absolute atomic E-state index is 0.00108. The summed E-state index contributed by atoms with van der Waals surface area (Å²) < 4.78 is 33.5. The molecule has 0 radical (unpaired) electrons. The van der Waals surface area contributed by atoms with E-state index in [0.29, 0.717) is 6.61 Å². The van der Waals surface area contributed by atoms with Crippen LogP contribution in [0.25, 0.3) is 0 Å². The Morgan fingerprint density at radius 2 is 1.92 bits per heavy atom. The van der Waals surface area contributed by atoms with Gasteiger partial charge < -0.3 is 9.84 Å². The summed E-state index contributed by atoms with van der Waals surface area (Å²) in [5, 5.41) is 9.04. The molecule has 0 atom stereocenters. The zero-order chi connectivity index (χ0) is 18.6. The van der Waals surface area contributed by atoms with Gasteiger partial charge in [-0.2, -0.15) is 0 Å². The Morgan fingerprint density at radius 1 is 1.20 bits per heavy atom. The summed E-state index contributed by atoms with van der Waals surface area (Å²) in [7, 11) is -3.93. The maximum atomic E-state index is 12.8. The number of ether oxygens (including phenoxy) is 1. The molecule has 0 spiro atoms. The molecule has 0 aliphatic carbocycles. The van der Waals surface area contributed by atoms with E-state index in [0.717, 1.165) is 5.56 Å². The third-order valence-electron chi connectivity index (χ3n) is 3.59. The van der Waals surface area contributed by atoms with Gasteiger partial charge in [0.05, 0.1) is 12.2 Å². The van der Waals surface area contributed by atoms with Crippen molar-refractivity contribution >= 4 is 21.7 Å². The summed E-state index contributed by atoms with van der Waals surface area (Å²) in [5.74, 6) is -0.716. The molecule has 25 heavy (non-hydrogen) atoms. The molecule has 0 aliphatic rings. The molecular formula is C18H21NO5S. The average Bonchev–Trinajstić information content (AvgIpc) is 2.55. The Balaban J connectivity index is 2.46. The van der Waals surface area contributed by atoms with Gasteiger partial charge in [0, 0.05) is 5.69 Å². The predicted octanol–water partition coefficient (Wildman–Crippen LogP) is 3.71. The van der Waals surface area contributed by atoms with Crippen molar-refractivity contribution in [2.24, 2.45) is 0 Å². The molecule has 134 valence electrons. The third-order valence-corrected chi connectivity index (χ3v) is 4.99. The van der Waals surface area contributed by atoms with E-state index in [1.165, 1.54) is 24.3 Å². The number of nitrogens with one attached hydrogen (secondary N) is 1. The highest BCUT2D eigenvalue weighted by Gasteiger charge is 2.21. The zero-order valence-electron chi connectivity index (χ0n) is 14.3. The van der Waals surface area contributed by atoms with Crippen molar-refractivity contribution in [1.82, 2.24) is 0 Å². The average molecular weight is 363 g/mol. The van der Waals surface area contributed by atoms with Crippen LogP contribution in [0.5, 0.6) is 5.75 Å². The Labute approximate surface area is 147 Å². The largest absolute Gasteiger partial charge is 0.492 e. The van der Waals surface area contributed by atoms with E-state index >= 15 is 0 Å². The van der Waals surface area contributed by atoms with Crippen LogP contribution in [0.2, 0.25) is 0 Å². The summed E-state index contributed by atoms with van der Waals surface area (Å²) >= 11 is 0. The van der Waals surface area contributed by atoms with Gasteiger partial charge in [-0.3, -0.25) is 4.72 Å². The first kappa shape index (κ1) is 18.8. The SMILES string of the molecule is CCOc1ccc(C(C)C)cc1S(=O)(=O)Nc1cccc(C(=O)O)c1. The minimum atomic E-state index is -3.93. The second-order valence-electron chi connectivity index (χ2n) is 5.79. The van der Waals surface area contributed by atoms with E-state index in [1.807, 2.05) is 19.9 Å². The molecule has 6 nitrogen and oxygen atoms in total. The molecule has 0 heterocycles. The van der Waals surface area contributed by atoms with Crippen molar-refractivity contribution in [2.45, 2.75) is 31.6 Å². The van der Waals surface area contributed by atoms with E-state index in [4.69, 9.17) is 9.84 Å². The van der Waals surface area contributed by atoms with Gasteiger partial charge in [-0.1, -0.05) is 26.0 Å². The second kappa shape index (κ2) is 7.57. The zero-order valence-corrected chi connectivity index (χ0v) is 15.1. The van der Waals surface area contributed by atoms with Crippen molar-refractivity contribution in [1.29, 1.82) is 0 Å². The minimum Gasteiger partial charge on any atom is -0.492 e. The molecule has 2 rings (SSSR count). The number of benzene rings is 2. The normalized spacial score (nSPS) is 11.4. The van der Waals surface area contributed by atoms with Crippen molar-refractivity contribution in [3.05, 3.63) is 53.6 Å². The first-order valence-corrected chi connectivity index (χ1v) is 9.36. The van der Waals surface area contributed by atoms with Crippen LogP contribution < -0.4 is 9.46 Å². The van der Waals surface area contributed by atoms with Crippen LogP contribution >= 0.6 is 0 Å². The molecule has 0 amide bonds. The van der Waals surface area contributed by atoms with Gasteiger partial charge in [-0.05, 0) is 48.7 Å². The Bertz CT molecular complexity index is 875. The molecule has 0 unspecified atom stereocenters. The number of carbonyl (C=O) groups is 1. The lowest BCUT2D eigenvalue weighted by atomic mass is 10.0.